The molecule has 19 heavy (non-hydrogen) atoms. The highest BCUT2D eigenvalue weighted by molar-refractivity contribution is 9.09. The van der Waals surface area contributed by atoms with Gasteiger partial charge in [0.05, 0.1) is 6.33 Å². The van der Waals surface area contributed by atoms with Crippen molar-refractivity contribution in [1.29, 1.82) is 0 Å². The fourth-order valence-electron chi connectivity index (χ4n) is 2.44. The number of aryl methyl sites for hydroxylation is 1. The number of imidazole rings is 1. The summed E-state index contributed by atoms with van der Waals surface area (Å²) >= 11 is 3.47. The smallest absolute Gasteiger partial charge is 0.260 e. The molecule has 1 aromatic heterocycles. The zero-order valence-electron chi connectivity index (χ0n) is 11.3. The Kier molecular flexibility index (Phi) is 4.37. The molecule has 1 saturated carbocycles. The van der Waals surface area contributed by atoms with Crippen molar-refractivity contribution in [3.63, 3.8) is 0 Å². The first-order valence-corrected chi connectivity index (χ1v) is 9.05. The predicted octanol–water partition coefficient (Wildman–Crippen LogP) is 2.04. The Labute approximate surface area is 123 Å². The van der Waals surface area contributed by atoms with Gasteiger partial charge in [0.2, 0.25) is 0 Å². The van der Waals surface area contributed by atoms with Crippen molar-refractivity contribution in [2.24, 2.45) is 13.0 Å². The zero-order chi connectivity index (χ0) is 14.1. The Morgan fingerprint density at radius 2 is 2.16 bits per heavy atom. The molecule has 0 aromatic carbocycles. The molecule has 1 aromatic rings. The van der Waals surface area contributed by atoms with Gasteiger partial charge in [-0.05, 0) is 31.6 Å². The molecule has 5 nitrogen and oxygen atoms in total. The minimum atomic E-state index is -3.54. The molecule has 0 amide bonds. The van der Waals surface area contributed by atoms with E-state index in [9.17, 15) is 8.42 Å². The monoisotopic (exact) mass is 349 g/mol. The fourth-order valence-corrected chi connectivity index (χ4v) is 4.77. The Morgan fingerprint density at radius 3 is 2.63 bits per heavy atom. The van der Waals surface area contributed by atoms with Crippen LogP contribution in [0.1, 0.15) is 32.6 Å². The quantitative estimate of drug-likeness (QED) is 0.846. The molecule has 0 spiro atoms. The molecule has 1 heterocycles. The number of rotatable bonds is 4. The molecule has 2 rings (SSSR count). The maximum absolute atomic E-state index is 12.4. The van der Waals surface area contributed by atoms with E-state index in [2.05, 4.69) is 32.6 Å². The Morgan fingerprint density at radius 1 is 1.53 bits per heavy atom. The molecule has 1 fully saturated rings. The van der Waals surface area contributed by atoms with E-state index in [1.165, 1.54) is 12.5 Å². The highest BCUT2D eigenvalue weighted by Gasteiger charge is 2.37. The molecular formula is C12H20BrN3O2S. The average molecular weight is 350 g/mol. The molecular weight excluding hydrogens is 330 g/mol. The number of aromatic nitrogens is 2. The van der Waals surface area contributed by atoms with E-state index in [1.807, 2.05) is 0 Å². The van der Waals surface area contributed by atoms with Gasteiger partial charge < -0.3 is 4.57 Å². The van der Waals surface area contributed by atoms with Crippen LogP contribution in [0.25, 0.3) is 0 Å². The van der Waals surface area contributed by atoms with Crippen LogP contribution in [0.4, 0.5) is 0 Å². The molecule has 0 unspecified atom stereocenters. The molecule has 0 aliphatic heterocycles. The molecule has 1 aliphatic rings. The molecule has 0 atom stereocenters. The van der Waals surface area contributed by atoms with Gasteiger partial charge in [0.15, 0.2) is 5.03 Å². The lowest BCUT2D eigenvalue weighted by atomic mass is 9.79. The van der Waals surface area contributed by atoms with Gasteiger partial charge in [-0.25, -0.2) is 18.1 Å². The second-order valence-corrected chi connectivity index (χ2v) is 7.77. The number of sulfonamides is 1. The van der Waals surface area contributed by atoms with E-state index >= 15 is 0 Å². The number of nitrogens with zero attached hydrogens (tertiary/aromatic N) is 2. The Bertz CT molecular complexity index is 533. The van der Waals surface area contributed by atoms with Gasteiger partial charge in [-0.2, -0.15) is 0 Å². The zero-order valence-corrected chi connectivity index (χ0v) is 13.7. The summed E-state index contributed by atoms with van der Waals surface area (Å²) in [7, 11) is -1.78. The number of hydrogen-bond acceptors (Lipinski definition) is 3. The maximum Gasteiger partial charge on any atom is 0.260 e. The molecule has 0 radical (unpaired) electrons. The van der Waals surface area contributed by atoms with Gasteiger partial charge in [-0.1, -0.05) is 22.9 Å². The van der Waals surface area contributed by atoms with Crippen molar-refractivity contribution in [1.82, 2.24) is 14.3 Å². The first-order chi connectivity index (χ1) is 8.87. The normalized spacial score (nSPS) is 28.5. The van der Waals surface area contributed by atoms with Crippen molar-refractivity contribution in [2.75, 3.05) is 5.33 Å². The second-order valence-electron chi connectivity index (χ2n) is 5.58. The van der Waals surface area contributed by atoms with Crippen LogP contribution in [0, 0.1) is 5.92 Å². The van der Waals surface area contributed by atoms with Crippen LogP contribution in [0.3, 0.4) is 0 Å². The molecule has 0 saturated heterocycles. The van der Waals surface area contributed by atoms with Crippen LogP contribution in [-0.4, -0.2) is 28.8 Å². The predicted molar refractivity (Wildman–Crippen MR) is 77.7 cm³/mol. The standard InChI is InChI=1S/C12H20BrN3O2S/c1-10-3-5-12(8-13,6-4-10)15-19(17,18)11-7-16(2)9-14-11/h7,9-10,15H,3-6,8H2,1-2H3. The largest absolute Gasteiger partial charge is 0.339 e. The number of nitrogens with one attached hydrogen (secondary N) is 1. The Hall–Kier alpha value is -0.400. The topological polar surface area (TPSA) is 64.0 Å². The van der Waals surface area contributed by atoms with Crippen LogP contribution in [-0.2, 0) is 17.1 Å². The van der Waals surface area contributed by atoms with Crippen LogP contribution in [0.15, 0.2) is 17.6 Å². The summed E-state index contributed by atoms with van der Waals surface area (Å²) in [6, 6.07) is 0. The third kappa shape index (κ3) is 3.38. The first-order valence-electron chi connectivity index (χ1n) is 6.45. The van der Waals surface area contributed by atoms with Gasteiger partial charge in [-0.15, -0.1) is 0 Å². The summed E-state index contributed by atoms with van der Waals surface area (Å²) in [5, 5.41) is 0.729. The van der Waals surface area contributed by atoms with E-state index in [0.717, 1.165) is 25.7 Å². The van der Waals surface area contributed by atoms with E-state index in [-0.39, 0.29) is 10.6 Å². The SMILES string of the molecule is CC1CCC(CBr)(NS(=O)(=O)c2cn(C)cn2)CC1. The minimum Gasteiger partial charge on any atom is -0.339 e. The van der Waals surface area contributed by atoms with Crippen molar-refractivity contribution in [3.05, 3.63) is 12.5 Å². The molecule has 1 N–H and O–H groups in total. The number of alkyl halides is 1. The van der Waals surface area contributed by atoms with Crippen molar-refractivity contribution in [2.45, 2.75) is 43.2 Å². The number of halogens is 1. The second kappa shape index (κ2) is 5.54. The lowest BCUT2D eigenvalue weighted by Crippen LogP contribution is -2.51. The highest BCUT2D eigenvalue weighted by atomic mass is 79.9. The van der Waals surface area contributed by atoms with Crippen LogP contribution in [0.5, 0.6) is 0 Å². The summed E-state index contributed by atoms with van der Waals surface area (Å²) < 4.78 is 29.2. The summed E-state index contributed by atoms with van der Waals surface area (Å²) in [5.74, 6) is 0.673. The van der Waals surface area contributed by atoms with Crippen molar-refractivity contribution >= 4 is 26.0 Å². The van der Waals surface area contributed by atoms with Gasteiger partial charge in [0.1, 0.15) is 0 Å². The highest BCUT2D eigenvalue weighted by Crippen LogP contribution is 2.34. The minimum absolute atomic E-state index is 0.0916. The van der Waals surface area contributed by atoms with Crippen LogP contribution in [0.2, 0.25) is 0 Å². The lowest BCUT2D eigenvalue weighted by Gasteiger charge is -2.38. The van der Waals surface area contributed by atoms with Gasteiger partial charge >= 0.3 is 0 Å². The van der Waals surface area contributed by atoms with Crippen molar-refractivity contribution < 1.29 is 8.42 Å². The molecule has 7 heteroatoms. The summed E-state index contributed by atoms with van der Waals surface area (Å²) in [4.78, 5) is 3.93. The van der Waals surface area contributed by atoms with Gasteiger partial charge in [0, 0.05) is 24.1 Å². The van der Waals surface area contributed by atoms with E-state index in [1.54, 1.807) is 11.6 Å². The van der Waals surface area contributed by atoms with Crippen LogP contribution >= 0.6 is 15.9 Å². The van der Waals surface area contributed by atoms with Crippen molar-refractivity contribution in [3.8, 4) is 0 Å². The van der Waals surface area contributed by atoms with Crippen LogP contribution < -0.4 is 4.72 Å². The summed E-state index contributed by atoms with van der Waals surface area (Å²) in [6.45, 7) is 2.21. The first kappa shape index (κ1) is 15.0. The average Bonchev–Trinajstić information content (AvgIpc) is 2.80. The van der Waals surface area contributed by atoms with E-state index < -0.39 is 10.0 Å². The third-order valence-corrected chi connectivity index (χ3v) is 6.33. The van der Waals surface area contributed by atoms with Gasteiger partial charge in [-0.3, -0.25) is 0 Å². The molecule has 1 aliphatic carbocycles. The van der Waals surface area contributed by atoms with Gasteiger partial charge in [0.25, 0.3) is 10.0 Å². The molecule has 108 valence electrons. The summed E-state index contributed by atoms with van der Waals surface area (Å²) in [6.07, 6.45) is 6.86. The third-order valence-electron chi connectivity index (χ3n) is 3.79. The molecule has 0 bridgehead atoms. The fraction of sp³-hybridized carbons (Fsp3) is 0.750. The van der Waals surface area contributed by atoms with E-state index in [4.69, 9.17) is 0 Å². The Balaban J connectivity index is 2.18. The lowest BCUT2D eigenvalue weighted by molar-refractivity contribution is 0.249. The maximum atomic E-state index is 12.4. The number of hydrogen-bond donors (Lipinski definition) is 1. The van der Waals surface area contributed by atoms with E-state index in [0.29, 0.717) is 11.2 Å². The summed E-state index contributed by atoms with van der Waals surface area (Å²) in [5.41, 5.74) is -0.372.